The maximum Gasteiger partial charge on any atom is 0.407 e. The average Bonchev–Trinajstić information content (AvgIpc) is 2.63. The number of primary amides is 1. The number of hydrogen-bond donors (Lipinski definition) is 3. The first kappa shape index (κ1) is 19.4. The van der Waals surface area contributed by atoms with Crippen molar-refractivity contribution in [2.45, 2.75) is 38.3 Å². The van der Waals surface area contributed by atoms with E-state index < -0.39 is 23.9 Å². The first-order valence-corrected chi connectivity index (χ1v) is 8.50. The second kappa shape index (κ2) is 9.55. The van der Waals surface area contributed by atoms with Crippen molar-refractivity contribution in [3.05, 3.63) is 35.9 Å². The molecular formula is C18H23N3O5. The molecule has 0 unspecified atom stereocenters. The first-order chi connectivity index (χ1) is 12.5. The quantitative estimate of drug-likeness (QED) is 0.657. The summed E-state index contributed by atoms with van der Waals surface area (Å²) >= 11 is 0. The van der Waals surface area contributed by atoms with Crippen LogP contribution in [0.2, 0.25) is 0 Å². The van der Waals surface area contributed by atoms with E-state index in [0.717, 1.165) is 5.56 Å². The molecule has 1 aliphatic rings. The predicted molar refractivity (Wildman–Crippen MR) is 92.7 cm³/mol. The molecule has 8 nitrogen and oxygen atoms in total. The zero-order chi connectivity index (χ0) is 18.9. The molecule has 1 saturated carbocycles. The Balaban J connectivity index is 1.76. The number of amides is 3. The molecule has 140 valence electrons. The highest BCUT2D eigenvalue weighted by Crippen LogP contribution is 2.24. The van der Waals surface area contributed by atoms with Gasteiger partial charge in [-0.1, -0.05) is 30.3 Å². The summed E-state index contributed by atoms with van der Waals surface area (Å²) in [6, 6.07) is 8.19. The number of carbonyl (C=O) groups is 4. The summed E-state index contributed by atoms with van der Waals surface area (Å²) in [4.78, 5) is 46.8. The molecule has 3 amide bonds. The number of ether oxygens (including phenoxy) is 1. The molecule has 0 radical (unpaired) electrons. The number of ketones is 1. The molecule has 8 heteroatoms. The monoisotopic (exact) mass is 361 g/mol. The van der Waals surface area contributed by atoms with Gasteiger partial charge in [0, 0.05) is 12.8 Å². The van der Waals surface area contributed by atoms with Gasteiger partial charge in [0.05, 0.1) is 0 Å². The van der Waals surface area contributed by atoms with Gasteiger partial charge in [-0.05, 0) is 24.3 Å². The van der Waals surface area contributed by atoms with E-state index in [1.807, 2.05) is 30.3 Å². The molecule has 0 aromatic heterocycles. The third kappa shape index (κ3) is 6.19. The van der Waals surface area contributed by atoms with Crippen LogP contribution in [0.3, 0.4) is 0 Å². The minimum Gasteiger partial charge on any atom is -0.445 e. The number of nitrogens with two attached hydrogens (primary N) is 1. The van der Waals surface area contributed by atoms with Gasteiger partial charge in [-0.15, -0.1) is 0 Å². The van der Waals surface area contributed by atoms with Crippen molar-refractivity contribution >= 4 is 23.7 Å². The summed E-state index contributed by atoms with van der Waals surface area (Å²) < 4.78 is 4.99. The van der Waals surface area contributed by atoms with Crippen molar-refractivity contribution in [2.24, 2.45) is 11.7 Å². The highest BCUT2D eigenvalue weighted by Gasteiger charge is 2.32. The highest BCUT2D eigenvalue weighted by molar-refractivity contribution is 5.89. The Bertz CT molecular complexity index is 662. The van der Waals surface area contributed by atoms with E-state index in [9.17, 15) is 19.2 Å². The van der Waals surface area contributed by atoms with Crippen LogP contribution < -0.4 is 16.4 Å². The van der Waals surface area contributed by atoms with E-state index >= 15 is 0 Å². The van der Waals surface area contributed by atoms with Crippen molar-refractivity contribution in [3.63, 3.8) is 0 Å². The van der Waals surface area contributed by atoms with Crippen molar-refractivity contribution in [1.29, 1.82) is 0 Å². The molecular weight excluding hydrogens is 338 g/mol. The SMILES string of the molecule is NC(=O)[C@@H](NC(=O)CNC(=O)OCc1ccccc1)[C@@H]1CCCC(=O)C1. The lowest BCUT2D eigenvalue weighted by Crippen LogP contribution is -2.52. The van der Waals surface area contributed by atoms with Gasteiger partial charge < -0.3 is 21.1 Å². The Labute approximate surface area is 151 Å². The molecule has 26 heavy (non-hydrogen) atoms. The third-order valence-corrected chi connectivity index (χ3v) is 4.22. The molecule has 4 N–H and O–H groups in total. The molecule has 0 aliphatic heterocycles. The number of nitrogens with one attached hydrogen (secondary N) is 2. The fourth-order valence-corrected chi connectivity index (χ4v) is 2.91. The standard InChI is InChI=1S/C18H23N3O5/c19-17(24)16(13-7-4-8-14(22)9-13)21-15(23)10-20-18(25)26-11-12-5-2-1-3-6-12/h1-3,5-6,13,16H,4,7-11H2,(H2,19,24)(H,20,25)(H,21,23)/t13-,16+/m1/s1. The molecule has 0 spiro atoms. The fraction of sp³-hybridized carbons (Fsp3) is 0.444. The molecule has 0 heterocycles. The van der Waals surface area contributed by atoms with E-state index in [2.05, 4.69) is 10.6 Å². The van der Waals surface area contributed by atoms with Crippen LogP contribution in [0.5, 0.6) is 0 Å². The second-order valence-electron chi connectivity index (χ2n) is 6.26. The molecule has 1 aromatic carbocycles. The maximum absolute atomic E-state index is 12.0. The van der Waals surface area contributed by atoms with Gasteiger partial charge >= 0.3 is 6.09 Å². The Morgan fingerprint density at radius 3 is 2.62 bits per heavy atom. The molecule has 2 atom stereocenters. The van der Waals surface area contributed by atoms with E-state index in [1.165, 1.54) is 0 Å². The van der Waals surface area contributed by atoms with Crippen LogP contribution in [-0.4, -0.2) is 36.3 Å². The van der Waals surface area contributed by atoms with Gasteiger partial charge in [-0.2, -0.15) is 0 Å². The largest absolute Gasteiger partial charge is 0.445 e. The van der Waals surface area contributed by atoms with Crippen LogP contribution in [0.1, 0.15) is 31.2 Å². The lowest BCUT2D eigenvalue weighted by molar-refractivity contribution is -0.130. The van der Waals surface area contributed by atoms with Gasteiger partial charge in [-0.3, -0.25) is 14.4 Å². The van der Waals surface area contributed by atoms with Crippen molar-refractivity contribution in [3.8, 4) is 0 Å². The van der Waals surface area contributed by atoms with E-state index in [-0.39, 0.29) is 31.3 Å². The summed E-state index contributed by atoms with van der Waals surface area (Å²) in [5, 5.41) is 4.82. The third-order valence-electron chi connectivity index (χ3n) is 4.22. The van der Waals surface area contributed by atoms with Gasteiger partial charge in [0.1, 0.15) is 25.0 Å². The van der Waals surface area contributed by atoms with Crippen molar-refractivity contribution < 1.29 is 23.9 Å². The highest BCUT2D eigenvalue weighted by atomic mass is 16.5. The van der Waals surface area contributed by atoms with Crippen molar-refractivity contribution in [1.82, 2.24) is 10.6 Å². The lowest BCUT2D eigenvalue weighted by Gasteiger charge is -2.28. The number of Topliss-reactive ketones (excluding diaryl/α,β-unsaturated/α-hetero) is 1. The van der Waals surface area contributed by atoms with Crippen LogP contribution >= 0.6 is 0 Å². The summed E-state index contributed by atoms with van der Waals surface area (Å²) in [7, 11) is 0. The number of benzene rings is 1. The zero-order valence-electron chi connectivity index (χ0n) is 14.4. The topological polar surface area (TPSA) is 128 Å². The minimum absolute atomic E-state index is 0.0596. The number of rotatable bonds is 7. The Hall–Kier alpha value is -2.90. The van der Waals surface area contributed by atoms with Crippen LogP contribution in [0.25, 0.3) is 0 Å². The van der Waals surface area contributed by atoms with Crippen LogP contribution in [0.4, 0.5) is 4.79 Å². The molecule has 1 aliphatic carbocycles. The molecule has 2 rings (SSSR count). The summed E-state index contributed by atoms with van der Waals surface area (Å²) in [6.45, 7) is -0.263. The predicted octanol–water partition coefficient (Wildman–Crippen LogP) is 0.642. The van der Waals surface area contributed by atoms with Gasteiger partial charge in [0.25, 0.3) is 0 Å². The van der Waals surface area contributed by atoms with Crippen molar-refractivity contribution in [2.75, 3.05) is 6.54 Å². The summed E-state index contributed by atoms with van der Waals surface area (Å²) in [6.07, 6.45) is 1.29. The smallest absolute Gasteiger partial charge is 0.407 e. The first-order valence-electron chi connectivity index (χ1n) is 8.50. The molecule has 0 bridgehead atoms. The number of hydrogen-bond acceptors (Lipinski definition) is 5. The van der Waals surface area contributed by atoms with Crippen LogP contribution in [-0.2, 0) is 25.7 Å². The lowest BCUT2D eigenvalue weighted by atomic mass is 9.83. The number of alkyl carbamates (subject to hydrolysis) is 1. The second-order valence-corrected chi connectivity index (χ2v) is 6.26. The molecule has 0 saturated heterocycles. The van der Waals surface area contributed by atoms with Gasteiger partial charge in [0.2, 0.25) is 11.8 Å². The number of carbonyl (C=O) groups excluding carboxylic acids is 4. The van der Waals surface area contributed by atoms with E-state index in [1.54, 1.807) is 0 Å². The minimum atomic E-state index is -0.922. The van der Waals surface area contributed by atoms with E-state index in [4.69, 9.17) is 10.5 Å². The molecule has 1 fully saturated rings. The van der Waals surface area contributed by atoms with E-state index in [0.29, 0.717) is 19.3 Å². The normalized spacial score (nSPS) is 17.8. The maximum atomic E-state index is 12.0. The Morgan fingerprint density at radius 2 is 1.96 bits per heavy atom. The summed E-state index contributed by atoms with van der Waals surface area (Å²) in [5.41, 5.74) is 6.17. The van der Waals surface area contributed by atoms with Crippen LogP contribution in [0.15, 0.2) is 30.3 Å². The fourth-order valence-electron chi connectivity index (χ4n) is 2.91. The van der Waals surface area contributed by atoms with Gasteiger partial charge in [0.15, 0.2) is 0 Å². The Kier molecular flexibility index (Phi) is 7.13. The average molecular weight is 361 g/mol. The summed E-state index contributed by atoms with van der Waals surface area (Å²) in [5.74, 6) is -1.50. The molecule has 1 aromatic rings. The Morgan fingerprint density at radius 1 is 1.23 bits per heavy atom. The zero-order valence-corrected chi connectivity index (χ0v) is 14.4. The van der Waals surface area contributed by atoms with Crippen LogP contribution in [0, 0.1) is 5.92 Å². The van der Waals surface area contributed by atoms with Gasteiger partial charge in [-0.25, -0.2) is 4.79 Å².